The molecule has 4 rings (SSSR count). The summed E-state index contributed by atoms with van der Waals surface area (Å²) in [6.45, 7) is 0. The molecule has 4 aromatic rings. The molecule has 2 aromatic heterocycles. The lowest BCUT2D eigenvalue weighted by Gasteiger charge is -2.09. The molecule has 0 unspecified atom stereocenters. The highest BCUT2D eigenvalue weighted by Crippen LogP contribution is 2.33. The van der Waals surface area contributed by atoms with Gasteiger partial charge in [-0.25, -0.2) is 4.98 Å². The predicted octanol–water partition coefficient (Wildman–Crippen LogP) is 5.49. The third kappa shape index (κ3) is 3.39. The van der Waals surface area contributed by atoms with E-state index in [1.54, 1.807) is 48.5 Å². The van der Waals surface area contributed by atoms with Crippen LogP contribution in [0.25, 0.3) is 33.7 Å². The van der Waals surface area contributed by atoms with Crippen molar-refractivity contribution >= 4 is 51.7 Å². The molecular weight excluding hydrogens is 409 g/mol. The van der Waals surface area contributed by atoms with Crippen LogP contribution in [-0.2, 0) is 0 Å². The second-order valence-corrected chi connectivity index (χ2v) is 7.05. The molecular formula is C20H9Cl3NO3-. The zero-order valence-electron chi connectivity index (χ0n) is 13.5. The third-order valence-electron chi connectivity index (χ3n) is 4.05. The molecule has 0 atom stereocenters. The molecule has 0 radical (unpaired) electrons. The number of halogens is 3. The Balaban J connectivity index is 1.83. The Morgan fingerprint density at radius 1 is 0.889 bits per heavy atom. The normalized spacial score (nSPS) is 11.1. The first-order valence-corrected chi connectivity index (χ1v) is 8.93. The highest BCUT2D eigenvalue weighted by atomic mass is 35.5. The van der Waals surface area contributed by atoms with Crippen LogP contribution in [0.3, 0.4) is 0 Å². The fourth-order valence-corrected chi connectivity index (χ4v) is 3.24. The van der Waals surface area contributed by atoms with Gasteiger partial charge in [-0.15, -0.1) is 0 Å². The maximum atomic E-state index is 11.6. The van der Waals surface area contributed by atoms with Crippen LogP contribution in [0.15, 0.2) is 59.0 Å². The average molecular weight is 418 g/mol. The smallest absolute Gasteiger partial charge is 0.153 e. The highest BCUT2D eigenvalue weighted by molar-refractivity contribution is 6.42. The molecule has 0 bridgehead atoms. The predicted molar refractivity (Wildman–Crippen MR) is 104 cm³/mol. The van der Waals surface area contributed by atoms with E-state index in [2.05, 4.69) is 4.98 Å². The van der Waals surface area contributed by atoms with Crippen molar-refractivity contribution in [2.24, 2.45) is 0 Å². The number of aromatic nitrogens is 1. The Kier molecular flexibility index (Phi) is 4.56. The standard InChI is InChI=1S/C20H10Cl3NO3/c21-11-2-4-16-12(8-11)13(20(25)26)9-17(24-16)19-6-5-18(27-19)10-1-3-14(22)15(23)7-10/h1-9H,(H,25,26)/p-1. The van der Waals surface area contributed by atoms with Crippen LogP contribution in [0.2, 0.25) is 15.1 Å². The van der Waals surface area contributed by atoms with Crippen LogP contribution in [0, 0.1) is 0 Å². The van der Waals surface area contributed by atoms with Crippen molar-refractivity contribution in [1.82, 2.24) is 4.98 Å². The Morgan fingerprint density at radius 3 is 2.41 bits per heavy atom. The number of furan rings is 1. The van der Waals surface area contributed by atoms with Gasteiger partial charge in [-0.05, 0) is 54.6 Å². The minimum atomic E-state index is -1.32. The van der Waals surface area contributed by atoms with Crippen molar-refractivity contribution in [1.29, 1.82) is 0 Å². The van der Waals surface area contributed by atoms with Crippen LogP contribution in [-0.4, -0.2) is 11.0 Å². The second kappa shape index (κ2) is 6.89. The van der Waals surface area contributed by atoms with Crippen molar-refractivity contribution in [3.8, 4) is 22.8 Å². The number of carbonyl (C=O) groups is 1. The fraction of sp³-hybridized carbons (Fsp3) is 0. The summed E-state index contributed by atoms with van der Waals surface area (Å²) in [6.07, 6.45) is 0. The Bertz CT molecular complexity index is 1200. The van der Waals surface area contributed by atoms with Crippen LogP contribution < -0.4 is 5.11 Å². The van der Waals surface area contributed by atoms with Gasteiger partial charge in [0.05, 0.1) is 21.5 Å². The maximum Gasteiger partial charge on any atom is 0.153 e. The summed E-state index contributed by atoms with van der Waals surface area (Å²) in [4.78, 5) is 16.0. The molecule has 0 fully saturated rings. The number of benzene rings is 2. The number of rotatable bonds is 3. The number of hydrogen-bond donors (Lipinski definition) is 0. The van der Waals surface area contributed by atoms with Crippen molar-refractivity contribution in [3.63, 3.8) is 0 Å². The van der Waals surface area contributed by atoms with Crippen molar-refractivity contribution < 1.29 is 14.3 Å². The number of nitrogens with zero attached hydrogens (tertiary/aromatic N) is 1. The van der Waals surface area contributed by atoms with Gasteiger partial charge in [0.15, 0.2) is 5.76 Å². The van der Waals surface area contributed by atoms with Gasteiger partial charge in [0, 0.05) is 21.5 Å². The molecule has 0 amide bonds. The van der Waals surface area contributed by atoms with Gasteiger partial charge in [0.2, 0.25) is 0 Å². The zero-order chi connectivity index (χ0) is 19.1. The fourth-order valence-electron chi connectivity index (χ4n) is 2.77. The summed E-state index contributed by atoms with van der Waals surface area (Å²) in [7, 11) is 0. The van der Waals surface area contributed by atoms with Gasteiger partial charge in [-0.1, -0.05) is 34.8 Å². The molecule has 0 aliphatic heterocycles. The number of fused-ring (bicyclic) bond motifs is 1. The van der Waals surface area contributed by atoms with E-state index >= 15 is 0 Å². The van der Waals surface area contributed by atoms with E-state index < -0.39 is 5.97 Å². The number of carbonyl (C=O) groups excluding carboxylic acids is 1. The molecule has 0 aliphatic carbocycles. The summed E-state index contributed by atoms with van der Waals surface area (Å²) < 4.78 is 5.85. The molecule has 0 spiro atoms. The van der Waals surface area contributed by atoms with E-state index in [-0.39, 0.29) is 5.56 Å². The molecule has 27 heavy (non-hydrogen) atoms. The minimum absolute atomic E-state index is 0.00927. The zero-order valence-corrected chi connectivity index (χ0v) is 15.8. The summed E-state index contributed by atoms with van der Waals surface area (Å²) in [5, 5.41) is 13.2. The van der Waals surface area contributed by atoms with E-state index in [4.69, 9.17) is 39.2 Å². The largest absolute Gasteiger partial charge is 0.545 e. The Morgan fingerprint density at radius 2 is 1.67 bits per heavy atom. The summed E-state index contributed by atoms with van der Waals surface area (Å²) in [5.41, 5.74) is 1.58. The second-order valence-electron chi connectivity index (χ2n) is 5.80. The van der Waals surface area contributed by atoms with Crippen LogP contribution in [0.4, 0.5) is 0 Å². The molecule has 134 valence electrons. The maximum absolute atomic E-state index is 11.6. The lowest BCUT2D eigenvalue weighted by atomic mass is 10.1. The van der Waals surface area contributed by atoms with E-state index in [0.717, 1.165) is 5.56 Å². The third-order valence-corrected chi connectivity index (χ3v) is 5.03. The quantitative estimate of drug-likeness (QED) is 0.442. The topological polar surface area (TPSA) is 66.2 Å². The van der Waals surface area contributed by atoms with Gasteiger partial charge >= 0.3 is 0 Å². The van der Waals surface area contributed by atoms with Crippen molar-refractivity contribution in [2.75, 3.05) is 0 Å². The van der Waals surface area contributed by atoms with Gasteiger partial charge in [-0.3, -0.25) is 0 Å². The minimum Gasteiger partial charge on any atom is -0.545 e. The summed E-state index contributed by atoms with van der Waals surface area (Å²) >= 11 is 18.0. The number of aromatic carboxylic acids is 1. The highest BCUT2D eigenvalue weighted by Gasteiger charge is 2.13. The molecule has 0 N–H and O–H groups in total. The first-order valence-electron chi connectivity index (χ1n) is 7.79. The molecule has 4 nitrogen and oxygen atoms in total. The van der Waals surface area contributed by atoms with E-state index in [1.165, 1.54) is 6.07 Å². The lowest BCUT2D eigenvalue weighted by molar-refractivity contribution is -0.254. The van der Waals surface area contributed by atoms with Crippen molar-refractivity contribution in [3.05, 3.63) is 75.2 Å². The number of carboxylic acid groups (broad SMARTS) is 1. The van der Waals surface area contributed by atoms with E-state index in [1.807, 2.05) is 0 Å². The Labute approximate surface area is 168 Å². The van der Waals surface area contributed by atoms with Crippen LogP contribution >= 0.6 is 34.8 Å². The number of hydrogen-bond acceptors (Lipinski definition) is 4. The van der Waals surface area contributed by atoms with E-state index in [0.29, 0.717) is 43.2 Å². The summed E-state index contributed by atoms with van der Waals surface area (Å²) in [5.74, 6) is -0.353. The first kappa shape index (κ1) is 17.9. The molecule has 2 heterocycles. The Hall–Kier alpha value is -2.53. The van der Waals surface area contributed by atoms with Gasteiger partial charge in [-0.2, -0.15) is 0 Å². The van der Waals surface area contributed by atoms with Gasteiger partial charge in [0.25, 0.3) is 0 Å². The molecule has 0 saturated carbocycles. The van der Waals surface area contributed by atoms with E-state index in [9.17, 15) is 9.90 Å². The molecule has 0 saturated heterocycles. The molecule has 2 aromatic carbocycles. The van der Waals surface area contributed by atoms with Crippen LogP contribution in [0.5, 0.6) is 0 Å². The van der Waals surface area contributed by atoms with Crippen LogP contribution in [0.1, 0.15) is 10.4 Å². The first-order chi connectivity index (χ1) is 12.9. The molecule has 7 heteroatoms. The average Bonchev–Trinajstić information content (AvgIpc) is 3.13. The number of carboxylic acids is 1. The SMILES string of the molecule is O=C([O-])c1cc(-c2ccc(-c3ccc(Cl)c(Cl)c3)o2)nc2ccc(Cl)cc12. The van der Waals surface area contributed by atoms with Crippen molar-refractivity contribution in [2.45, 2.75) is 0 Å². The lowest BCUT2D eigenvalue weighted by Crippen LogP contribution is -2.22. The molecule has 0 aliphatic rings. The number of pyridine rings is 1. The van der Waals surface area contributed by atoms with Gasteiger partial charge < -0.3 is 14.3 Å². The summed E-state index contributed by atoms with van der Waals surface area (Å²) in [6, 6.07) is 14.8. The monoisotopic (exact) mass is 416 g/mol. The van der Waals surface area contributed by atoms with Gasteiger partial charge in [0.1, 0.15) is 11.5 Å².